The highest BCUT2D eigenvalue weighted by molar-refractivity contribution is 5.91. The van der Waals surface area contributed by atoms with Crippen molar-refractivity contribution in [2.45, 2.75) is 19.4 Å². The number of hydrogen-bond donors (Lipinski definition) is 0. The Kier molecular flexibility index (Phi) is 2.59. The summed E-state index contributed by atoms with van der Waals surface area (Å²) >= 11 is 0. The Labute approximate surface area is 106 Å². The van der Waals surface area contributed by atoms with Crippen LogP contribution in [-0.4, -0.2) is 16.8 Å². The average molecular weight is 237 g/mol. The second kappa shape index (κ2) is 4.26. The summed E-state index contributed by atoms with van der Waals surface area (Å²) in [5, 5.41) is 0. The molecule has 1 unspecified atom stereocenters. The molecule has 3 nitrogen and oxygen atoms in total. The van der Waals surface area contributed by atoms with Crippen LogP contribution in [0.5, 0.6) is 0 Å². The predicted molar refractivity (Wildman–Crippen MR) is 69.8 cm³/mol. The second-order valence-electron chi connectivity index (χ2n) is 4.47. The molecule has 0 saturated carbocycles. The van der Waals surface area contributed by atoms with Gasteiger partial charge in [-0.05, 0) is 36.8 Å². The first kappa shape index (κ1) is 11.0. The Balaban J connectivity index is 2.11. The number of carbonyl (C=O) groups is 1. The van der Waals surface area contributed by atoms with E-state index in [1.54, 1.807) is 19.3 Å². The number of ketones is 1. The zero-order valence-corrected chi connectivity index (χ0v) is 10.1. The van der Waals surface area contributed by atoms with Gasteiger partial charge in [0.1, 0.15) is 0 Å². The van der Waals surface area contributed by atoms with Crippen LogP contribution < -0.4 is 4.90 Å². The van der Waals surface area contributed by atoms with Crippen molar-refractivity contribution in [2.24, 2.45) is 0 Å². The van der Waals surface area contributed by atoms with Gasteiger partial charge < -0.3 is 4.90 Å². The molecule has 0 saturated heterocycles. The monoisotopic (exact) mass is 237 g/mol. The van der Waals surface area contributed by atoms with Crippen LogP contribution in [0.1, 0.15) is 12.5 Å². The molecule has 2 heterocycles. The first-order valence-corrected chi connectivity index (χ1v) is 5.96. The van der Waals surface area contributed by atoms with Gasteiger partial charge >= 0.3 is 0 Å². The maximum absolute atomic E-state index is 11.8. The lowest BCUT2D eigenvalue weighted by Crippen LogP contribution is -2.33. The van der Waals surface area contributed by atoms with Crippen LogP contribution in [0.4, 0.5) is 11.4 Å². The molecule has 0 fully saturated rings. The van der Waals surface area contributed by atoms with Crippen molar-refractivity contribution in [3.63, 3.8) is 0 Å². The molecule has 0 amide bonds. The summed E-state index contributed by atoms with van der Waals surface area (Å²) in [5.41, 5.74) is 3.21. The number of aromatic nitrogens is 1. The molecule has 18 heavy (non-hydrogen) atoms. The zero-order valence-electron chi connectivity index (χ0n) is 10.1. The molecule has 1 aliphatic rings. The molecular formula is C15H13N2O. The number of fused-ring (bicyclic) bond motifs is 1. The Morgan fingerprint density at radius 2 is 2.39 bits per heavy atom. The fourth-order valence-electron chi connectivity index (χ4n) is 2.46. The number of carbonyl (C=O) groups excluding carboxylic acids is 1. The van der Waals surface area contributed by atoms with E-state index in [1.165, 1.54) is 5.56 Å². The molecule has 1 atom stereocenters. The van der Waals surface area contributed by atoms with E-state index < -0.39 is 0 Å². The largest absolute Gasteiger partial charge is 0.329 e. The third kappa shape index (κ3) is 1.68. The molecule has 0 spiro atoms. The molecule has 1 aromatic carbocycles. The fourth-order valence-corrected chi connectivity index (χ4v) is 2.46. The van der Waals surface area contributed by atoms with Crippen LogP contribution >= 0.6 is 0 Å². The summed E-state index contributed by atoms with van der Waals surface area (Å²) in [4.78, 5) is 18.0. The molecule has 0 N–H and O–H groups in total. The number of nitrogens with zero attached hydrogens (tertiary/aromatic N) is 2. The SMILES string of the molecule is CC(=O)C1Cc2cc[c]cc2N1c1cccnc1. The van der Waals surface area contributed by atoms with Gasteiger partial charge in [0, 0.05) is 18.3 Å². The van der Waals surface area contributed by atoms with Gasteiger partial charge in [-0.25, -0.2) is 0 Å². The Morgan fingerprint density at radius 3 is 3.11 bits per heavy atom. The highest BCUT2D eigenvalue weighted by Crippen LogP contribution is 2.37. The molecule has 1 radical (unpaired) electrons. The molecule has 1 aliphatic heterocycles. The number of benzene rings is 1. The number of pyridine rings is 1. The Bertz CT molecular complexity index is 580. The van der Waals surface area contributed by atoms with E-state index in [-0.39, 0.29) is 11.8 Å². The molecule has 0 bridgehead atoms. The van der Waals surface area contributed by atoms with Gasteiger partial charge in [0.15, 0.2) is 5.78 Å². The standard InChI is InChI=1S/C15H13N2O/c1-11(18)15-9-12-5-2-3-7-14(12)17(15)13-6-4-8-16-10-13/h2,4-8,10,15H,9H2,1H3. The molecule has 3 rings (SSSR count). The smallest absolute Gasteiger partial charge is 0.152 e. The molecule has 89 valence electrons. The summed E-state index contributed by atoms with van der Waals surface area (Å²) in [6, 6.07) is 12.7. The van der Waals surface area contributed by atoms with Gasteiger partial charge in [0.25, 0.3) is 0 Å². The van der Waals surface area contributed by atoms with Crippen molar-refractivity contribution >= 4 is 17.2 Å². The second-order valence-corrected chi connectivity index (χ2v) is 4.47. The Hall–Kier alpha value is -2.16. The highest BCUT2D eigenvalue weighted by Gasteiger charge is 2.33. The first-order chi connectivity index (χ1) is 8.77. The van der Waals surface area contributed by atoms with Crippen LogP contribution in [0.25, 0.3) is 0 Å². The molecule has 1 aromatic heterocycles. The molecule has 3 heteroatoms. The number of anilines is 2. The van der Waals surface area contributed by atoms with Crippen LogP contribution in [0.15, 0.2) is 42.7 Å². The van der Waals surface area contributed by atoms with Gasteiger partial charge in [-0.2, -0.15) is 0 Å². The van der Waals surface area contributed by atoms with Gasteiger partial charge in [-0.1, -0.05) is 12.1 Å². The van der Waals surface area contributed by atoms with Crippen LogP contribution in [0.2, 0.25) is 0 Å². The summed E-state index contributed by atoms with van der Waals surface area (Å²) in [6.07, 6.45) is 4.28. The zero-order chi connectivity index (χ0) is 12.5. The van der Waals surface area contributed by atoms with E-state index in [2.05, 4.69) is 16.0 Å². The van der Waals surface area contributed by atoms with E-state index in [9.17, 15) is 4.79 Å². The maximum atomic E-state index is 11.8. The molecular weight excluding hydrogens is 224 g/mol. The summed E-state index contributed by atoms with van der Waals surface area (Å²) in [5.74, 6) is 0.176. The lowest BCUT2D eigenvalue weighted by atomic mass is 10.1. The first-order valence-electron chi connectivity index (χ1n) is 5.96. The van der Waals surface area contributed by atoms with Crippen LogP contribution in [-0.2, 0) is 11.2 Å². The van der Waals surface area contributed by atoms with Gasteiger partial charge in [0.05, 0.1) is 17.9 Å². The summed E-state index contributed by atoms with van der Waals surface area (Å²) in [7, 11) is 0. The average Bonchev–Trinajstić information content (AvgIpc) is 2.79. The van der Waals surface area contributed by atoms with Crippen molar-refractivity contribution < 1.29 is 4.79 Å². The van der Waals surface area contributed by atoms with Gasteiger partial charge in [-0.15, -0.1) is 0 Å². The van der Waals surface area contributed by atoms with E-state index in [1.807, 2.05) is 30.3 Å². The minimum atomic E-state index is -0.125. The topological polar surface area (TPSA) is 33.2 Å². The van der Waals surface area contributed by atoms with Crippen molar-refractivity contribution in [2.75, 3.05) is 4.90 Å². The highest BCUT2D eigenvalue weighted by atomic mass is 16.1. The minimum Gasteiger partial charge on any atom is -0.329 e. The van der Waals surface area contributed by atoms with Crippen molar-refractivity contribution in [3.8, 4) is 0 Å². The predicted octanol–water partition coefficient (Wildman–Crippen LogP) is 2.53. The third-order valence-electron chi connectivity index (χ3n) is 3.31. The number of hydrogen-bond acceptors (Lipinski definition) is 3. The molecule has 2 aromatic rings. The fraction of sp³-hybridized carbons (Fsp3) is 0.200. The lowest BCUT2D eigenvalue weighted by molar-refractivity contribution is -0.117. The van der Waals surface area contributed by atoms with Gasteiger partial charge in [0.2, 0.25) is 0 Å². The number of rotatable bonds is 2. The van der Waals surface area contributed by atoms with Crippen molar-refractivity contribution in [1.82, 2.24) is 4.98 Å². The van der Waals surface area contributed by atoms with Crippen molar-refractivity contribution in [3.05, 3.63) is 54.4 Å². The normalized spacial score (nSPS) is 17.6. The quantitative estimate of drug-likeness (QED) is 0.804. The molecule has 0 aliphatic carbocycles. The Morgan fingerprint density at radius 1 is 1.50 bits per heavy atom. The minimum absolute atomic E-state index is 0.125. The summed E-state index contributed by atoms with van der Waals surface area (Å²) in [6.45, 7) is 1.64. The van der Waals surface area contributed by atoms with E-state index in [4.69, 9.17) is 0 Å². The maximum Gasteiger partial charge on any atom is 0.152 e. The van der Waals surface area contributed by atoms with E-state index in [0.29, 0.717) is 0 Å². The van der Waals surface area contributed by atoms with Crippen LogP contribution in [0, 0.1) is 6.07 Å². The van der Waals surface area contributed by atoms with Crippen LogP contribution in [0.3, 0.4) is 0 Å². The van der Waals surface area contributed by atoms with Crippen molar-refractivity contribution in [1.29, 1.82) is 0 Å². The van der Waals surface area contributed by atoms with E-state index >= 15 is 0 Å². The van der Waals surface area contributed by atoms with E-state index in [0.717, 1.165) is 17.8 Å². The third-order valence-corrected chi connectivity index (χ3v) is 3.31. The summed E-state index contributed by atoms with van der Waals surface area (Å²) < 4.78 is 0. The lowest BCUT2D eigenvalue weighted by Gasteiger charge is -2.25. The van der Waals surface area contributed by atoms with Gasteiger partial charge in [-0.3, -0.25) is 9.78 Å². The number of Topliss-reactive ketones (excluding diaryl/α,β-unsaturated/α-hetero) is 1.